The molecule has 0 spiro atoms. The highest BCUT2D eigenvalue weighted by molar-refractivity contribution is 14.0. The molecule has 0 atom stereocenters. The highest BCUT2D eigenvalue weighted by Crippen LogP contribution is 1.99. The lowest BCUT2D eigenvalue weighted by Gasteiger charge is -2.14. The monoisotopic (exact) mass is 377 g/mol. The third-order valence-electron chi connectivity index (χ3n) is 2.30. The lowest BCUT2D eigenvalue weighted by atomic mass is 10.2. The molecule has 0 unspecified atom stereocenters. The summed E-state index contributed by atoms with van der Waals surface area (Å²) in [6, 6.07) is 10.5. The fraction of sp³-hybridized carbons (Fsp3) is 0.500. The molecular weight excluding hydrogens is 353 g/mol. The number of nitrogens with one attached hydrogen (secondary N) is 2. The number of hydrogen-bond donors (Lipinski definition) is 2. The summed E-state index contributed by atoms with van der Waals surface area (Å²) in [6.07, 6.45) is 0. The second-order valence-electron chi connectivity index (χ2n) is 4.34. The third kappa shape index (κ3) is 8.83. The lowest BCUT2D eigenvalue weighted by Crippen LogP contribution is -2.42. The van der Waals surface area contributed by atoms with Crippen LogP contribution in [-0.4, -0.2) is 32.2 Å². The fourth-order valence-electron chi connectivity index (χ4n) is 1.47. The molecule has 1 aromatic carbocycles. The molecule has 0 amide bonds. The van der Waals surface area contributed by atoms with Crippen molar-refractivity contribution in [1.29, 1.82) is 0 Å². The van der Waals surface area contributed by atoms with E-state index < -0.39 is 0 Å². The minimum Gasteiger partial charge on any atom is -0.375 e. The van der Waals surface area contributed by atoms with Crippen LogP contribution in [0.3, 0.4) is 0 Å². The van der Waals surface area contributed by atoms with E-state index >= 15 is 0 Å². The summed E-state index contributed by atoms with van der Waals surface area (Å²) in [7, 11) is 1.77. The first-order chi connectivity index (χ1) is 8.72. The number of nitrogens with zero attached hydrogens (tertiary/aromatic N) is 1. The van der Waals surface area contributed by atoms with Gasteiger partial charge in [0.25, 0.3) is 0 Å². The van der Waals surface area contributed by atoms with Crippen molar-refractivity contribution in [1.82, 2.24) is 10.6 Å². The van der Waals surface area contributed by atoms with Crippen molar-refractivity contribution in [2.24, 2.45) is 4.99 Å². The standard InChI is InChI=1S/C14H23N3O.HI/c1-12(2)17-14(15-3)16-9-10-18-11-13-7-5-4-6-8-13;/h4-8,12H,9-11H2,1-3H3,(H2,15,16,17);1H. The van der Waals surface area contributed by atoms with E-state index in [0.717, 1.165) is 12.5 Å². The van der Waals surface area contributed by atoms with Crippen LogP contribution in [0, 0.1) is 0 Å². The van der Waals surface area contributed by atoms with Gasteiger partial charge >= 0.3 is 0 Å². The topological polar surface area (TPSA) is 45.7 Å². The predicted octanol–water partition coefficient (Wildman–Crippen LogP) is 2.39. The van der Waals surface area contributed by atoms with Gasteiger partial charge in [-0.15, -0.1) is 24.0 Å². The molecule has 1 aromatic rings. The van der Waals surface area contributed by atoms with Crippen LogP contribution in [0.4, 0.5) is 0 Å². The molecule has 0 bridgehead atoms. The summed E-state index contributed by atoms with van der Waals surface area (Å²) >= 11 is 0. The van der Waals surface area contributed by atoms with Gasteiger partial charge in [-0.1, -0.05) is 30.3 Å². The van der Waals surface area contributed by atoms with Crippen LogP contribution in [0.2, 0.25) is 0 Å². The molecule has 108 valence electrons. The fourth-order valence-corrected chi connectivity index (χ4v) is 1.47. The van der Waals surface area contributed by atoms with Crippen molar-refractivity contribution in [3.63, 3.8) is 0 Å². The number of benzene rings is 1. The maximum absolute atomic E-state index is 5.57. The third-order valence-corrected chi connectivity index (χ3v) is 2.30. The van der Waals surface area contributed by atoms with Gasteiger partial charge in [-0.25, -0.2) is 0 Å². The Balaban J connectivity index is 0.00000324. The molecular formula is C14H24IN3O. The minimum absolute atomic E-state index is 0. The van der Waals surface area contributed by atoms with Crippen LogP contribution in [0.1, 0.15) is 19.4 Å². The van der Waals surface area contributed by atoms with Crippen LogP contribution in [0.5, 0.6) is 0 Å². The van der Waals surface area contributed by atoms with Crippen LogP contribution in [-0.2, 0) is 11.3 Å². The van der Waals surface area contributed by atoms with Crippen LogP contribution >= 0.6 is 24.0 Å². The summed E-state index contributed by atoms with van der Waals surface area (Å²) in [5.41, 5.74) is 1.20. The second kappa shape index (κ2) is 11.0. The molecule has 19 heavy (non-hydrogen) atoms. The minimum atomic E-state index is 0. The first kappa shape index (κ1) is 18.2. The van der Waals surface area contributed by atoms with Crippen molar-refractivity contribution in [2.75, 3.05) is 20.2 Å². The molecule has 0 heterocycles. The van der Waals surface area contributed by atoms with Crippen molar-refractivity contribution >= 4 is 29.9 Å². The Morgan fingerprint density at radius 3 is 2.53 bits per heavy atom. The average molecular weight is 377 g/mol. The van der Waals surface area contributed by atoms with Crippen molar-refractivity contribution in [2.45, 2.75) is 26.5 Å². The van der Waals surface area contributed by atoms with Crippen LogP contribution < -0.4 is 10.6 Å². The SMILES string of the molecule is CN=C(NCCOCc1ccccc1)NC(C)C.I. The van der Waals surface area contributed by atoms with Crippen molar-refractivity contribution in [3.05, 3.63) is 35.9 Å². The van der Waals surface area contributed by atoms with E-state index in [9.17, 15) is 0 Å². The normalized spacial score (nSPS) is 11.1. The smallest absolute Gasteiger partial charge is 0.191 e. The van der Waals surface area contributed by atoms with Gasteiger partial charge in [0.2, 0.25) is 0 Å². The molecule has 1 rings (SSSR count). The van der Waals surface area contributed by atoms with Gasteiger partial charge in [0, 0.05) is 19.6 Å². The first-order valence-corrected chi connectivity index (χ1v) is 6.31. The summed E-state index contributed by atoms with van der Waals surface area (Å²) < 4.78 is 5.57. The van der Waals surface area contributed by atoms with Gasteiger partial charge in [-0.05, 0) is 19.4 Å². The largest absolute Gasteiger partial charge is 0.375 e. The van der Waals surface area contributed by atoms with E-state index in [0.29, 0.717) is 19.3 Å². The highest BCUT2D eigenvalue weighted by Gasteiger charge is 1.98. The predicted molar refractivity (Wildman–Crippen MR) is 91.1 cm³/mol. The Morgan fingerprint density at radius 1 is 1.26 bits per heavy atom. The van der Waals surface area contributed by atoms with E-state index in [1.54, 1.807) is 7.05 Å². The average Bonchev–Trinajstić information content (AvgIpc) is 2.37. The highest BCUT2D eigenvalue weighted by atomic mass is 127. The Hall–Kier alpha value is -0.820. The van der Waals surface area contributed by atoms with E-state index in [4.69, 9.17) is 4.74 Å². The number of aliphatic imine (C=N–C) groups is 1. The Labute approximate surface area is 133 Å². The molecule has 4 nitrogen and oxygen atoms in total. The first-order valence-electron chi connectivity index (χ1n) is 6.31. The zero-order valence-electron chi connectivity index (χ0n) is 11.8. The number of guanidine groups is 1. The van der Waals surface area contributed by atoms with Crippen LogP contribution in [0.15, 0.2) is 35.3 Å². The van der Waals surface area contributed by atoms with E-state index in [1.807, 2.05) is 18.2 Å². The van der Waals surface area contributed by atoms with Gasteiger partial charge in [-0.3, -0.25) is 4.99 Å². The summed E-state index contributed by atoms with van der Waals surface area (Å²) in [6.45, 7) is 6.23. The van der Waals surface area contributed by atoms with Crippen LogP contribution in [0.25, 0.3) is 0 Å². The van der Waals surface area contributed by atoms with Gasteiger partial charge < -0.3 is 15.4 Å². The quantitative estimate of drug-likeness (QED) is 0.346. The number of hydrogen-bond acceptors (Lipinski definition) is 2. The van der Waals surface area contributed by atoms with Gasteiger partial charge in [0.1, 0.15) is 0 Å². The molecule has 5 heteroatoms. The molecule has 0 saturated heterocycles. The number of rotatable bonds is 6. The Kier molecular flexibility index (Phi) is 10.6. The zero-order chi connectivity index (χ0) is 13.2. The number of ether oxygens (including phenoxy) is 1. The summed E-state index contributed by atoms with van der Waals surface area (Å²) in [4.78, 5) is 4.12. The molecule has 0 fully saturated rings. The van der Waals surface area contributed by atoms with Crippen molar-refractivity contribution in [3.8, 4) is 0 Å². The second-order valence-corrected chi connectivity index (χ2v) is 4.34. The van der Waals surface area contributed by atoms with Crippen molar-refractivity contribution < 1.29 is 4.74 Å². The zero-order valence-corrected chi connectivity index (χ0v) is 14.2. The Morgan fingerprint density at radius 2 is 1.95 bits per heavy atom. The molecule has 0 aliphatic heterocycles. The van der Waals surface area contributed by atoms with Gasteiger partial charge in [0.15, 0.2) is 5.96 Å². The van der Waals surface area contributed by atoms with E-state index in [-0.39, 0.29) is 24.0 Å². The summed E-state index contributed by atoms with van der Waals surface area (Å²) in [5, 5.41) is 6.42. The van der Waals surface area contributed by atoms with E-state index in [2.05, 4.69) is 41.6 Å². The van der Waals surface area contributed by atoms with E-state index in [1.165, 1.54) is 5.56 Å². The molecule has 0 radical (unpaired) electrons. The molecule has 0 saturated carbocycles. The molecule has 0 aromatic heterocycles. The molecule has 2 N–H and O–H groups in total. The molecule has 0 aliphatic carbocycles. The Bertz CT molecular complexity index is 355. The van der Waals surface area contributed by atoms with Gasteiger partial charge in [-0.2, -0.15) is 0 Å². The number of halogens is 1. The lowest BCUT2D eigenvalue weighted by molar-refractivity contribution is 0.125. The summed E-state index contributed by atoms with van der Waals surface area (Å²) in [5.74, 6) is 0.813. The maximum atomic E-state index is 5.57. The molecule has 0 aliphatic rings. The van der Waals surface area contributed by atoms with Gasteiger partial charge in [0.05, 0.1) is 13.2 Å². The maximum Gasteiger partial charge on any atom is 0.191 e.